The quantitative estimate of drug-likeness (QED) is 0.800. The van der Waals surface area contributed by atoms with Crippen LogP contribution in [-0.2, 0) is 16.6 Å². The Morgan fingerprint density at radius 2 is 2.00 bits per heavy atom. The Morgan fingerprint density at radius 1 is 1.24 bits per heavy atom. The van der Waals surface area contributed by atoms with Crippen molar-refractivity contribution in [1.82, 2.24) is 9.88 Å². The van der Waals surface area contributed by atoms with E-state index in [0.29, 0.717) is 17.7 Å². The molecule has 0 atom stereocenters. The highest BCUT2D eigenvalue weighted by Crippen LogP contribution is 2.11. The minimum atomic E-state index is -3.60. The third kappa shape index (κ3) is 4.43. The number of hydrogen-bond donors (Lipinski definition) is 2. The van der Waals surface area contributed by atoms with Gasteiger partial charge in [-0.05, 0) is 24.3 Å². The first-order valence-electron chi connectivity index (χ1n) is 6.21. The lowest BCUT2D eigenvalue weighted by Crippen LogP contribution is -2.22. The number of benzene rings is 1. The Balaban J connectivity index is 2.05. The monoisotopic (exact) mass is 306 g/mol. The lowest BCUT2D eigenvalue weighted by atomic mass is 10.2. The predicted octanol–water partition coefficient (Wildman–Crippen LogP) is 0.887. The Morgan fingerprint density at radius 3 is 2.62 bits per heavy atom. The molecule has 0 radical (unpaired) electrons. The van der Waals surface area contributed by atoms with Gasteiger partial charge in [-0.3, -0.25) is 0 Å². The number of aliphatic hydroxyl groups excluding tert-OH is 1. The van der Waals surface area contributed by atoms with Gasteiger partial charge in [-0.25, -0.2) is 13.1 Å². The molecule has 0 aliphatic rings. The van der Waals surface area contributed by atoms with Crippen LogP contribution in [0.15, 0.2) is 45.9 Å². The van der Waals surface area contributed by atoms with Crippen LogP contribution in [0.25, 0.3) is 0 Å². The summed E-state index contributed by atoms with van der Waals surface area (Å²) in [6.45, 7) is 0.0470. The highest BCUT2D eigenvalue weighted by atomic mass is 32.2. The highest BCUT2D eigenvalue weighted by molar-refractivity contribution is 7.89. The topological polar surface area (TPSA) is 92.4 Å². The smallest absolute Gasteiger partial charge is 0.240 e. The van der Waals surface area contributed by atoms with Gasteiger partial charge in [-0.15, -0.1) is 0 Å². The molecule has 21 heavy (non-hydrogen) atoms. The van der Waals surface area contributed by atoms with Crippen LogP contribution in [0.2, 0.25) is 0 Å². The van der Waals surface area contributed by atoms with Gasteiger partial charge in [-0.1, -0.05) is 17.0 Å². The zero-order chi connectivity index (χ0) is 15.1. The van der Waals surface area contributed by atoms with E-state index in [4.69, 9.17) is 9.63 Å². The molecule has 7 heteroatoms. The highest BCUT2D eigenvalue weighted by Gasteiger charge is 2.14. The minimum absolute atomic E-state index is 0.00498. The van der Waals surface area contributed by atoms with E-state index in [2.05, 4.69) is 21.7 Å². The Hall–Kier alpha value is -2.14. The lowest BCUT2D eigenvalue weighted by Gasteiger charge is -2.04. The van der Waals surface area contributed by atoms with Crippen LogP contribution in [0.1, 0.15) is 17.7 Å². The molecule has 0 amide bonds. The fraction of sp³-hybridized carbons (Fsp3) is 0.214. The maximum Gasteiger partial charge on any atom is 0.240 e. The fourth-order valence-corrected chi connectivity index (χ4v) is 2.51. The van der Waals surface area contributed by atoms with Crippen LogP contribution in [0, 0.1) is 11.8 Å². The summed E-state index contributed by atoms with van der Waals surface area (Å²) in [5.74, 6) is 6.03. The number of sulfonamides is 1. The van der Waals surface area contributed by atoms with Gasteiger partial charge < -0.3 is 9.63 Å². The standard InChI is InChI=1S/C14H14N2O4S/c17-10-2-1-3-12-4-6-14(7-5-12)21(18,19)16-11-13-8-9-15-20-13/h4-9,16-17H,2,10-11H2. The molecule has 6 nitrogen and oxygen atoms in total. The summed E-state index contributed by atoms with van der Waals surface area (Å²) in [6.07, 6.45) is 1.84. The lowest BCUT2D eigenvalue weighted by molar-refractivity contribution is 0.305. The molecule has 0 saturated carbocycles. The van der Waals surface area contributed by atoms with Crippen molar-refractivity contribution in [2.45, 2.75) is 17.9 Å². The molecular weight excluding hydrogens is 292 g/mol. The molecule has 2 N–H and O–H groups in total. The van der Waals surface area contributed by atoms with Crippen molar-refractivity contribution in [3.8, 4) is 11.8 Å². The Kier molecular flexibility index (Phi) is 5.11. The number of rotatable bonds is 5. The first-order valence-corrected chi connectivity index (χ1v) is 7.69. The number of nitrogens with one attached hydrogen (secondary N) is 1. The van der Waals surface area contributed by atoms with Gasteiger partial charge in [0.05, 0.1) is 24.2 Å². The van der Waals surface area contributed by atoms with Gasteiger partial charge in [0.25, 0.3) is 0 Å². The molecule has 1 aromatic heterocycles. The normalized spacial score (nSPS) is 10.9. The third-order valence-electron chi connectivity index (χ3n) is 2.56. The second-order valence-electron chi connectivity index (χ2n) is 4.10. The van der Waals surface area contributed by atoms with Crippen molar-refractivity contribution in [3.63, 3.8) is 0 Å². The molecule has 1 aromatic carbocycles. The fourth-order valence-electron chi connectivity index (χ4n) is 1.52. The van der Waals surface area contributed by atoms with Crippen molar-refractivity contribution in [2.75, 3.05) is 6.61 Å². The van der Waals surface area contributed by atoms with Gasteiger partial charge in [-0.2, -0.15) is 0 Å². The van der Waals surface area contributed by atoms with Gasteiger partial charge >= 0.3 is 0 Å². The largest absolute Gasteiger partial charge is 0.395 e. The third-order valence-corrected chi connectivity index (χ3v) is 3.98. The van der Waals surface area contributed by atoms with Crippen molar-refractivity contribution < 1.29 is 18.0 Å². The second-order valence-corrected chi connectivity index (χ2v) is 5.87. The Labute approximate surface area is 122 Å². The number of nitrogens with zero attached hydrogens (tertiary/aromatic N) is 1. The van der Waals surface area contributed by atoms with Crippen LogP contribution in [-0.4, -0.2) is 25.3 Å². The zero-order valence-corrected chi connectivity index (χ0v) is 11.9. The van der Waals surface area contributed by atoms with Crippen LogP contribution < -0.4 is 4.72 Å². The molecule has 0 aliphatic carbocycles. The van der Waals surface area contributed by atoms with E-state index in [9.17, 15) is 8.42 Å². The average molecular weight is 306 g/mol. The molecule has 0 bridgehead atoms. The molecule has 110 valence electrons. The van der Waals surface area contributed by atoms with E-state index < -0.39 is 10.0 Å². The SMILES string of the molecule is O=S(=O)(NCc1ccno1)c1ccc(C#CCCO)cc1. The number of aromatic nitrogens is 1. The molecular formula is C14H14N2O4S. The van der Waals surface area contributed by atoms with Gasteiger partial charge in [0.2, 0.25) is 10.0 Å². The van der Waals surface area contributed by atoms with E-state index >= 15 is 0 Å². The molecule has 0 fully saturated rings. The summed E-state index contributed by atoms with van der Waals surface area (Å²) in [5, 5.41) is 12.1. The molecule has 0 aliphatic heterocycles. The van der Waals surface area contributed by atoms with Crippen LogP contribution in [0.5, 0.6) is 0 Å². The van der Waals surface area contributed by atoms with E-state index in [0.717, 1.165) is 0 Å². The van der Waals surface area contributed by atoms with E-state index in [1.807, 2.05) is 0 Å². The predicted molar refractivity (Wildman–Crippen MR) is 75.6 cm³/mol. The van der Waals surface area contributed by atoms with E-state index in [1.54, 1.807) is 18.2 Å². The van der Waals surface area contributed by atoms with Crippen molar-refractivity contribution in [3.05, 3.63) is 47.9 Å². The summed E-state index contributed by atoms with van der Waals surface area (Å²) < 4.78 is 31.4. The van der Waals surface area contributed by atoms with Crippen molar-refractivity contribution in [1.29, 1.82) is 0 Å². The number of aliphatic hydroxyl groups is 1. The van der Waals surface area contributed by atoms with Gasteiger partial charge in [0.1, 0.15) is 0 Å². The maximum atomic E-state index is 12.1. The molecule has 0 saturated heterocycles. The summed E-state index contributed by atoms with van der Waals surface area (Å²) in [4.78, 5) is 0.148. The molecule has 2 aromatic rings. The summed E-state index contributed by atoms with van der Waals surface area (Å²) in [5.41, 5.74) is 0.692. The molecule has 2 rings (SSSR count). The number of hydrogen-bond acceptors (Lipinski definition) is 5. The minimum Gasteiger partial charge on any atom is -0.395 e. The molecule has 1 heterocycles. The zero-order valence-electron chi connectivity index (χ0n) is 11.1. The van der Waals surface area contributed by atoms with Gasteiger partial charge in [0, 0.05) is 18.1 Å². The van der Waals surface area contributed by atoms with E-state index in [1.165, 1.54) is 18.3 Å². The summed E-state index contributed by atoms with van der Waals surface area (Å²) >= 11 is 0. The molecule has 0 spiro atoms. The van der Waals surface area contributed by atoms with Crippen LogP contribution in [0.3, 0.4) is 0 Å². The summed E-state index contributed by atoms with van der Waals surface area (Å²) in [6, 6.07) is 7.78. The molecule has 0 unspecified atom stereocenters. The average Bonchev–Trinajstić information content (AvgIpc) is 3.00. The summed E-state index contributed by atoms with van der Waals surface area (Å²) in [7, 11) is -3.60. The van der Waals surface area contributed by atoms with Gasteiger partial charge in [0.15, 0.2) is 5.76 Å². The van der Waals surface area contributed by atoms with Crippen molar-refractivity contribution in [2.24, 2.45) is 0 Å². The van der Waals surface area contributed by atoms with Crippen LogP contribution >= 0.6 is 0 Å². The first kappa shape index (κ1) is 15.3. The van der Waals surface area contributed by atoms with Crippen LogP contribution in [0.4, 0.5) is 0 Å². The second kappa shape index (κ2) is 7.04. The van der Waals surface area contributed by atoms with E-state index in [-0.39, 0.29) is 18.0 Å². The maximum absolute atomic E-state index is 12.1. The van der Waals surface area contributed by atoms with Crippen molar-refractivity contribution >= 4 is 10.0 Å². The Bertz CT molecular complexity index is 726. The first-order chi connectivity index (χ1) is 10.1.